The van der Waals surface area contributed by atoms with Crippen molar-refractivity contribution in [2.75, 3.05) is 0 Å². The average Bonchev–Trinajstić information content (AvgIpc) is 3.17. The molecule has 0 fully saturated rings. The molecule has 0 spiro atoms. The zero-order valence-electron chi connectivity index (χ0n) is 21.3. The summed E-state index contributed by atoms with van der Waals surface area (Å²) in [7, 11) is 0. The molecule has 0 unspecified atom stereocenters. The molecule has 1 aliphatic rings. The van der Waals surface area contributed by atoms with Crippen LogP contribution in [-0.4, -0.2) is 4.98 Å². The normalized spacial score (nSPS) is 13.1. The Bertz CT molecular complexity index is 1270. The Morgan fingerprint density at radius 2 is 1.09 bits per heavy atom. The van der Waals surface area contributed by atoms with E-state index in [1.165, 1.54) is 55.8 Å². The topological polar surface area (TPSA) is 12.9 Å². The van der Waals surface area contributed by atoms with Gasteiger partial charge in [-0.15, -0.1) is 0 Å². The molecule has 0 amide bonds. The van der Waals surface area contributed by atoms with Crippen LogP contribution in [0.25, 0.3) is 22.3 Å². The second-order valence-electron chi connectivity index (χ2n) is 10.6. The van der Waals surface area contributed by atoms with Crippen molar-refractivity contribution in [2.45, 2.75) is 65.2 Å². The van der Waals surface area contributed by atoms with Crippen molar-refractivity contribution in [3.05, 3.63) is 113 Å². The molecule has 0 N–H and O–H groups in total. The first-order valence-electron chi connectivity index (χ1n) is 12.7. The van der Waals surface area contributed by atoms with Gasteiger partial charge in [0.05, 0.1) is 11.6 Å². The maximum atomic E-state index is 5.09. The predicted molar refractivity (Wildman–Crippen MR) is 145 cm³/mol. The van der Waals surface area contributed by atoms with E-state index < -0.39 is 0 Å². The van der Waals surface area contributed by atoms with Crippen molar-refractivity contribution in [2.24, 2.45) is 0 Å². The quantitative estimate of drug-likeness (QED) is 0.263. The van der Waals surface area contributed by atoms with E-state index in [9.17, 15) is 0 Å². The number of benzene rings is 3. The molecule has 0 radical (unpaired) electrons. The molecule has 1 heteroatoms. The highest BCUT2D eigenvalue weighted by atomic mass is 14.7. The van der Waals surface area contributed by atoms with E-state index in [4.69, 9.17) is 4.98 Å². The smallest absolute Gasteiger partial charge is 0.0601 e. The van der Waals surface area contributed by atoms with E-state index in [1.807, 2.05) is 6.20 Å². The third-order valence-corrected chi connectivity index (χ3v) is 7.35. The lowest BCUT2D eigenvalue weighted by Gasteiger charge is -2.26. The number of nitrogens with zero attached hydrogens (tertiary/aromatic N) is 1. The van der Waals surface area contributed by atoms with Crippen molar-refractivity contribution in [3.63, 3.8) is 0 Å². The van der Waals surface area contributed by atoms with Gasteiger partial charge in [0.25, 0.3) is 0 Å². The standard InChI is InChI=1S/C33H35N/c1-20(2)23-18-29(21(3)4)31(30(19-23)22(5)6)28-16-11-17-34-33(28)32-26-14-9-7-12-24(26)25-13-8-10-15-27(25)32/h7-22,32H,1-6H3. The molecule has 0 atom stereocenters. The molecule has 5 rings (SSSR count). The lowest BCUT2D eigenvalue weighted by atomic mass is 9.79. The van der Waals surface area contributed by atoms with Gasteiger partial charge < -0.3 is 0 Å². The molecule has 0 saturated carbocycles. The highest BCUT2D eigenvalue weighted by molar-refractivity contribution is 5.84. The summed E-state index contributed by atoms with van der Waals surface area (Å²) in [4.78, 5) is 5.09. The monoisotopic (exact) mass is 445 g/mol. The predicted octanol–water partition coefficient (Wildman–Crippen LogP) is 9.28. The van der Waals surface area contributed by atoms with Gasteiger partial charge in [0.1, 0.15) is 0 Å². The Morgan fingerprint density at radius 3 is 1.59 bits per heavy atom. The van der Waals surface area contributed by atoms with Gasteiger partial charge in [0.15, 0.2) is 0 Å². The van der Waals surface area contributed by atoms with Gasteiger partial charge in [-0.05, 0) is 68.3 Å². The van der Waals surface area contributed by atoms with Gasteiger partial charge in [0, 0.05) is 11.8 Å². The van der Waals surface area contributed by atoms with Crippen molar-refractivity contribution >= 4 is 0 Å². The lowest BCUT2D eigenvalue weighted by Crippen LogP contribution is -2.09. The van der Waals surface area contributed by atoms with Crippen molar-refractivity contribution in [1.29, 1.82) is 0 Å². The van der Waals surface area contributed by atoms with Crippen LogP contribution in [0.1, 0.15) is 98.7 Å². The summed E-state index contributed by atoms with van der Waals surface area (Å²) in [6.07, 6.45) is 1.97. The summed E-state index contributed by atoms with van der Waals surface area (Å²) in [6, 6.07) is 27.0. The zero-order chi connectivity index (χ0) is 24.0. The number of aromatic nitrogens is 1. The molecule has 1 heterocycles. The van der Waals surface area contributed by atoms with Crippen molar-refractivity contribution in [3.8, 4) is 22.3 Å². The second-order valence-corrected chi connectivity index (χ2v) is 10.6. The van der Waals surface area contributed by atoms with E-state index in [1.54, 1.807) is 0 Å². The largest absolute Gasteiger partial charge is 0.260 e. The van der Waals surface area contributed by atoms with Crippen LogP contribution in [0.3, 0.4) is 0 Å². The van der Waals surface area contributed by atoms with E-state index in [-0.39, 0.29) is 5.92 Å². The second kappa shape index (κ2) is 8.87. The molecule has 172 valence electrons. The van der Waals surface area contributed by atoms with Crippen LogP contribution >= 0.6 is 0 Å². The Hall–Kier alpha value is -3.19. The molecule has 0 saturated heterocycles. The maximum absolute atomic E-state index is 5.09. The molecule has 0 bridgehead atoms. The van der Waals surface area contributed by atoms with Crippen LogP contribution in [-0.2, 0) is 0 Å². The Balaban J connectivity index is 1.82. The highest BCUT2D eigenvalue weighted by Gasteiger charge is 2.33. The minimum Gasteiger partial charge on any atom is -0.260 e. The molecule has 34 heavy (non-hydrogen) atoms. The first-order valence-corrected chi connectivity index (χ1v) is 12.7. The molecule has 1 aromatic heterocycles. The molecule has 4 aromatic rings. The van der Waals surface area contributed by atoms with Crippen LogP contribution in [0.5, 0.6) is 0 Å². The third kappa shape index (κ3) is 3.68. The van der Waals surface area contributed by atoms with Crippen LogP contribution in [0.15, 0.2) is 79.0 Å². The zero-order valence-corrected chi connectivity index (χ0v) is 21.3. The van der Waals surface area contributed by atoms with E-state index >= 15 is 0 Å². The van der Waals surface area contributed by atoms with Gasteiger partial charge in [-0.25, -0.2) is 0 Å². The van der Waals surface area contributed by atoms with Gasteiger partial charge >= 0.3 is 0 Å². The SMILES string of the molecule is CC(C)c1cc(C(C)C)c(-c2cccnc2C2c3ccccc3-c3ccccc32)c(C(C)C)c1. The summed E-state index contributed by atoms with van der Waals surface area (Å²) in [5.74, 6) is 1.52. The lowest BCUT2D eigenvalue weighted by molar-refractivity contribution is 0.806. The van der Waals surface area contributed by atoms with Gasteiger partial charge in [-0.2, -0.15) is 0 Å². The minimum absolute atomic E-state index is 0.147. The van der Waals surface area contributed by atoms with E-state index in [0.717, 1.165) is 0 Å². The Labute approximate surface area is 204 Å². The molecule has 1 aliphatic carbocycles. The van der Waals surface area contributed by atoms with E-state index in [2.05, 4.69) is 114 Å². The van der Waals surface area contributed by atoms with Crippen molar-refractivity contribution < 1.29 is 0 Å². The van der Waals surface area contributed by atoms with Crippen molar-refractivity contribution in [1.82, 2.24) is 4.98 Å². The first-order chi connectivity index (χ1) is 16.4. The first kappa shape index (κ1) is 22.6. The van der Waals surface area contributed by atoms with Gasteiger partial charge in [-0.1, -0.05) is 108 Å². The fourth-order valence-corrected chi connectivity index (χ4v) is 5.58. The summed E-state index contributed by atoms with van der Waals surface area (Å²) in [6.45, 7) is 13.9. The minimum atomic E-state index is 0.147. The average molecular weight is 446 g/mol. The molecular weight excluding hydrogens is 410 g/mol. The molecule has 1 nitrogen and oxygen atoms in total. The fraction of sp³-hybridized carbons (Fsp3) is 0.303. The summed E-state index contributed by atoms with van der Waals surface area (Å²) in [5, 5.41) is 0. The maximum Gasteiger partial charge on any atom is 0.0601 e. The summed E-state index contributed by atoms with van der Waals surface area (Å²) < 4.78 is 0. The number of hydrogen-bond acceptors (Lipinski definition) is 1. The summed E-state index contributed by atoms with van der Waals surface area (Å²) >= 11 is 0. The number of fused-ring (bicyclic) bond motifs is 3. The third-order valence-electron chi connectivity index (χ3n) is 7.35. The van der Waals surface area contributed by atoms with Crippen LogP contribution in [0.4, 0.5) is 0 Å². The van der Waals surface area contributed by atoms with Crippen LogP contribution in [0.2, 0.25) is 0 Å². The molecular formula is C33H35N. The fourth-order valence-electron chi connectivity index (χ4n) is 5.58. The Morgan fingerprint density at radius 1 is 0.588 bits per heavy atom. The molecule has 3 aromatic carbocycles. The van der Waals surface area contributed by atoms with Gasteiger partial charge in [0.2, 0.25) is 0 Å². The van der Waals surface area contributed by atoms with Crippen LogP contribution in [0, 0.1) is 0 Å². The number of pyridine rings is 1. The number of rotatable bonds is 5. The molecule has 0 aliphatic heterocycles. The summed E-state index contributed by atoms with van der Waals surface area (Å²) in [5.41, 5.74) is 13.5. The van der Waals surface area contributed by atoms with E-state index in [0.29, 0.717) is 17.8 Å². The number of hydrogen-bond donors (Lipinski definition) is 0. The van der Waals surface area contributed by atoms with Gasteiger partial charge in [-0.3, -0.25) is 4.98 Å². The Kier molecular flexibility index (Phi) is 5.90. The van der Waals surface area contributed by atoms with Crippen LogP contribution < -0.4 is 0 Å². The highest BCUT2D eigenvalue weighted by Crippen LogP contribution is 2.50.